The highest BCUT2D eigenvalue weighted by Crippen LogP contribution is 2.36. The summed E-state index contributed by atoms with van der Waals surface area (Å²) in [5.74, 6) is 1.20. The van der Waals surface area contributed by atoms with Crippen molar-refractivity contribution < 1.29 is 4.79 Å². The molecule has 106 valence electrons. The van der Waals surface area contributed by atoms with E-state index in [0.29, 0.717) is 22.9 Å². The van der Waals surface area contributed by atoms with Gasteiger partial charge in [-0.25, -0.2) is 4.98 Å². The SMILES string of the molecule is CC1C(N)CCCC1c1nc2c(C(N)=O)cccc2[nH]1. The van der Waals surface area contributed by atoms with Crippen LogP contribution < -0.4 is 11.5 Å². The molecule has 2 aromatic rings. The fourth-order valence-corrected chi connectivity index (χ4v) is 3.21. The van der Waals surface area contributed by atoms with Gasteiger partial charge in [0.15, 0.2) is 0 Å². The van der Waals surface area contributed by atoms with Gasteiger partial charge in [-0.3, -0.25) is 4.79 Å². The largest absolute Gasteiger partial charge is 0.366 e. The van der Waals surface area contributed by atoms with E-state index in [2.05, 4.69) is 16.9 Å². The maximum atomic E-state index is 11.5. The van der Waals surface area contributed by atoms with Gasteiger partial charge in [0.05, 0.1) is 11.1 Å². The zero-order valence-corrected chi connectivity index (χ0v) is 11.6. The molecule has 1 aliphatic rings. The molecular weight excluding hydrogens is 252 g/mol. The standard InChI is InChI=1S/C15H20N4O/c1-8-9(4-2-6-11(8)16)15-18-12-7-3-5-10(14(17)20)13(12)19-15/h3,5,7-9,11H,2,4,6,16H2,1H3,(H2,17,20)(H,18,19). The van der Waals surface area contributed by atoms with Crippen molar-refractivity contribution >= 4 is 16.9 Å². The summed E-state index contributed by atoms with van der Waals surface area (Å²) in [6, 6.07) is 5.68. The lowest BCUT2D eigenvalue weighted by Crippen LogP contribution is -2.36. The molecule has 0 radical (unpaired) electrons. The summed E-state index contributed by atoms with van der Waals surface area (Å²) >= 11 is 0. The Morgan fingerprint density at radius 1 is 1.40 bits per heavy atom. The van der Waals surface area contributed by atoms with Gasteiger partial charge in [-0.1, -0.05) is 19.4 Å². The van der Waals surface area contributed by atoms with Crippen molar-refractivity contribution in [3.63, 3.8) is 0 Å². The lowest BCUT2D eigenvalue weighted by Gasteiger charge is -2.32. The molecular formula is C15H20N4O. The Morgan fingerprint density at radius 2 is 2.20 bits per heavy atom. The number of hydrogen-bond acceptors (Lipinski definition) is 3. The van der Waals surface area contributed by atoms with Crippen LogP contribution in [-0.4, -0.2) is 21.9 Å². The molecule has 1 saturated carbocycles. The third-order valence-corrected chi connectivity index (χ3v) is 4.51. The molecule has 20 heavy (non-hydrogen) atoms. The Labute approximate surface area is 117 Å². The molecule has 1 aromatic heterocycles. The third kappa shape index (κ3) is 2.08. The minimum Gasteiger partial charge on any atom is -0.366 e. The number of aromatic nitrogens is 2. The summed E-state index contributed by atoms with van der Waals surface area (Å²) in [6.07, 6.45) is 3.28. The maximum Gasteiger partial charge on any atom is 0.250 e. The van der Waals surface area contributed by atoms with Crippen LogP contribution in [0.1, 0.15) is 48.3 Å². The summed E-state index contributed by atoms with van der Waals surface area (Å²) in [5, 5.41) is 0. The minimum atomic E-state index is -0.443. The molecule has 5 N–H and O–H groups in total. The van der Waals surface area contributed by atoms with E-state index >= 15 is 0 Å². The molecule has 3 unspecified atom stereocenters. The van der Waals surface area contributed by atoms with Crippen LogP contribution in [0.4, 0.5) is 0 Å². The first-order chi connectivity index (χ1) is 9.58. The number of amides is 1. The fourth-order valence-electron chi connectivity index (χ4n) is 3.21. The van der Waals surface area contributed by atoms with E-state index in [-0.39, 0.29) is 6.04 Å². The van der Waals surface area contributed by atoms with Gasteiger partial charge in [0.25, 0.3) is 5.91 Å². The van der Waals surface area contributed by atoms with Crippen molar-refractivity contribution in [3.8, 4) is 0 Å². The topological polar surface area (TPSA) is 97.8 Å². The minimum absolute atomic E-state index is 0.220. The first-order valence-electron chi connectivity index (χ1n) is 7.12. The van der Waals surface area contributed by atoms with Gasteiger partial charge >= 0.3 is 0 Å². The van der Waals surface area contributed by atoms with Crippen molar-refractivity contribution in [2.75, 3.05) is 0 Å². The van der Waals surface area contributed by atoms with E-state index < -0.39 is 5.91 Å². The Morgan fingerprint density at radius 3 is 2.95 bits per heavy atom. The second-order valence-electron chi connectivity index (χ2n) is 5.75. The van der Waals surface area contributed by atoms with Crippen molar-refractivity contribution in [1.29, 1.82) is 0 Å². The average Bonchev–Trinajstić information content (AvgIpc) is 2.84. The highest BCUT2D eigenvalue weighted by atomic mass is 16.1. The number of rotatable bonds is 2. The first kappa shape index (κ1) is 13.1. The van der Waals surface area contributed by atoms with Crippen molar-refractivity contribution in [1.82, 2.24) is 9.97 Å². The van der Waals surface area contributed by atoms with Crippen LogP contribution in [0.25, 0.3) is 11.0 Å². The number of H-pyrrole nitrogens is 1. The van der Waals surface area contributed by atoms with Crippen LogP contribution in [-0.2, 0) is 0 Å². The average molecular weight is 272 g/mol. The summed E-state index contributed by atoms with van der Waals surface area (Å²) in [5.41, 5.74) is 13.6. The van der Waals surface area contributed by atoms with Gasteiger partial charge in [-0.2, -0.15) is 0 Å². The van der Waals surface area contributed by atoms with Crippen LogP contribution >= 0.6 is 0 Å². The number of nitrogens with two attached hydrogens (primary N) is 2. The molecule has 1 aromatic carbocycles. The molecule has 0 saturated heterocycles. The predicted molar refractivity (Wildman–Crippen MR) is 78.3 cm³/mol. The number of carbonyl (C=O) groups is 1. The van der Waals surface area contributed by atoms with Crippen molar-refractivity contribution in [2.45, 2.75) is 38.1 Å². The third-order valence-electron chi connectivity index (χ3n) is 4.51. The highest BCUT2D eigenvalue weighted by Gasteiger charge is 2.31. The lowest BCUT2D eigenvalue weighted by atomic mass is 9.77. The van der Waals surface area contributed by atoms with Crippen LogP contribution in [0.2, 0.25) is 0 Å². The highest BCUT2D eigenvalue weighted by molar-refractivity contribution is 6.04. The molecule has 1 amide bonds. The number of carbonyl (C=O) groups excluding carboxylic acids is 1. The van der Waals surface area contributed by atoms with E-state index in [1.807, 2.05) is 12.1 Å². The lowest BCUT2D eigenvalue weighted by molar-refractivity contribution is 0.100. The van der Waals surface area contributed by atoms with Crippen LogP contribution in [0.5, 0.6) is 0 Å². The maximum absolute atomic E-state index is 11.5. The van der Waals surface area contributed by atoms with Gasteiger partial charge in [0.1, 0.15) is 11.3 Å². The normalized spacial score (nSPS) is 26.8. The fraction of sp³-hybridized carbons (Fsp3) is 0.467. The van der Waals surface area contributed by atoms with E-state index in [4.69, 9.17) is 11.5 Å². The summed E-state index contributed by atoms with van der Waals surface area (Å²) < 4.78 is 0. The van der Waals surface area contributed by atoms with E-state index in [1.165, 1.54) is 0 Å². The Kier molecular flexibility index (Phi) is 3.22. The molecule has 3 rings (SSSR count). The first-order valence-corrected chi connectivity index (χ1v) is 7.12. The van der Waals surface area contributed by atoms with Crippen LogP contribution in [0.3, 0.4) is 0 Å². The quantitative estimate of drug-likeness (QED) is 0.778. The molecule has 3 atom stereocenters. The van der Waals surface area contributed by atoms with E-state index in [1.54, 1.807) is 6.07 Å². The number of hydrogen-bond donors (Lipinski definition) is 3. The summed E-state index contributed by atoms with van der Waals surface area (Å²) in [6.45, 7) is 2.18. The number of fused-ring (bicyclic) bond motifs is 1. The zero-order valence-electron chi connectivity index (χ0n) is 11.6. The molecule has 5 heteroatoms. The molecule has 0 bridgehead atoms. The molecule has 5 nitrogen and oxygen atoms in total. The number of nitrogens with zero attached hydrogens (tertiary/aromatic N) is 1. The molecule has 1 fully saturated rings. The van der Waals surface area contributed by atoms with Gasteiger partial charge < -0.3 is 16.5 Å². The second-order valence-corrected chi connectivity index (χ2v) is 5.75. The summed E-state index contributed by atoms with van der Waals surface area (Å²) in [4.78, 5) is 19.4. The van der Waals surface area contributed by atoms with Gasteiger partial charge in [0, 0.05) is 12.0 Å². The molecule has 1 heterocycles. The van der Waals surface area contributed by atoms with Gasteiger partial charge in [-0.05, 0) is 30.9 Å². The Bertz CT molecular complexity index is 648. The number of benzene rings is 1. The van der Waals surface area contributed by atoms with E-state index in [9.17, 15) is 4.79 Å². The van der Waals surface area contributed by atoms with Crippen molar-refractivity contribution in [3.05, 3.63) is 29.6 Å². The van der Waals surface area contributed by atoms with Crippen molar-refractivity contribution in [2.24, 2.45) is 17.4 Å². The monoisotopic (exact) mass is 272 g/mol. The Balaban J connectivity index is 2.05. The molecule has 0 aliphatic heterocycles. The number of primary amides is 1. The molecule has 0 spiro atoms. The zero-order chi connectivity index (χ0) is 14.3. The molecule has 1 aliphatic carbocycles. The number of aromatic amines is 1. The van der Waals surface area contributed by atoms with Gasteiger partial charge in [-0.15, -0.1) is 0 Å². The second kappa shape index (κ2) is 4.90. The number of nitrogens with one attached hydrogen (secondary N) is 1. The number of para-hydroxylation sites is 1. The summed E-state index contributed by atoms with van der Waals surface area (Å²) in [7, 11) is 0. The van der Waals surface area contributed by atoms with Crippen LogP contribution in [0, 0.1) is 5.92 Å². The Hall–Kier alpha value is -1.88. The van der Waals surface area contributed by atoms with Crippen LogP contribution in [0.15, 0.2) is 18.2 Å². The predicted octanol–water partition coefficient (Wildman–Crippen LogP) is 1.89. The smallest absolute Gasteiger partial charge is 0.250 e. The van der Waals surface area contributed by atoms with E-state index in [0.717, 1.165) is 30.6 Å². The number of imidazole rings is 1. The van der Waals surface area contributed by atoms with Gasteiger partial charge in [0.2, 0.25) is 0 Å².